The van der Waals surface area contributed by atoms with Gasteiger partial charge in [0.05, 0.1) is 5.76 Å². The van der Waals surface area contributed by atoms with Gasteiger partial charge in [0.2, 0.25) is 0 Å². The third kappa shape index (κ3) is 21.6. The molecule has 0 heterocycles. The Bertz CT molecular complexity index is 282. The number of allylic oxidation sites excluding steroid dienone is 2. The minimum absolute atomic E-state index is 0.631. The van der Waals surface area contributed by atoms with E-state index in [1.54, 1.807) is 0 Å². The van der Waals surface area contributed by atoms with Crippen molar-refractivity contribution in [2.45, 2.75) is 149 Å². The quantitative estimate of drug-likeness (QED) is 0.158. The molecular formula is C25H50O. The summed E-state index contributed by atoms with van der Waals surface area (Å²) in [5, 5.41) is 9.82. The highest BCUT2D eigenvalue weighted by Gasteiger charge is 1.96. The molecule has 0 unspecified atom stereocenters. The molecule has 0 aromatic carbocycles. The highest BCUT2D eigenvalue weighted by Crippen LogP contribution is 2.15. The second kappa shape index (κ2) is 22.6. The van der Waals surface area contributed by atoms with E-state index in [4.69, 9.17) is 0 Å². The lowest BCUT2D eigenvalue weighted by molar-refractivity contribution is 0.376. The lowest BCUT2D eigenvalue weighted by Gasteiger charge is -2.04. The van der Waals surface area contributed by atoms with Crippen LogP contribution in [0, 0.1) is 0 Å². The number of unbranched alkanes of at least 4 members (excludes halogenated alkanes) is 18. The zero-order valence-corrected chi connectivity index (χ0v) is 18.4. The van der Waals surface area contributed by atoms with Gasteiger partial charge in [-0.05, 0) is 25.3 Å². The van der Waals surface area contributed by atoms with Gasteiger partial charge in [-0.3, -0.25) is 0 Å². The summed E-state index contributed by atoms with van der Waals surface area (Å²) in [4.78, 5) is 0. The van der Waals surface area contributed by atoms with Crippen molar-refractivity contribution in [2.75, 3.05) is 0 Å². The third-order valence-corrected chi connectivity index (χ3v) is 5.47. The first kappa shape index (κ1) is 25.5. The van der Waals surface area contributed by atoms with Gasteiger partial charge in [0.1, 0.15) is 0 Å². The lowest BCUT2D eigenvalue weighted by atomic mass is 10.0. The summed E-state index contributed by atoms with van der Waals surface area (Å²) in [5.74, 6) is 0.631. The fourth-order valence-electron chi connectivity index (χ4n) is 3.62. The Hall–Kier alpha value is -0.460. The van der Waals surface area contributed by atoms with Gasteiger partial charge < -0.3 is 5.11 Å². The van der Waals surface area contributed by atoms with E-state index < -0.39 is 0 Å². The summed E-state index contributed by atoms with van der Waals surface area (Å²) in [6.45, 7) is 4.51. The second-order valence-electron chi connectivity index (χ2n) is 8.24. The van der Waals surface area contributed by atoms with E-state index in [2.05, 4.69) is 13.8 Å². The van der Waals surface area contributed by atoms with Crippen LogP contribution in [0.4, 0.5) is 0 Å². The second-order valence-corrected chi connectivity index (χ2v) is 8.24. The molecule has 0 aromatic heterocycles. The van der Waals surface area contributed by atoms with Crippen molar-refractivity contribution in [2.24, 2.45) is 0 Å². The van der Waals surface area contributed by atoms with E-state index >= 15 is 0 Å². The van der Waals surface area contributed by atoms with Crippen LogP contribution in [0.5, 0.6) is 0 Å². The zero-order chi connectivity index (χ0) is 19.1. The fourth-order valence-corrected chi connectivity index (χ4v) is 3.62. The molecule has 0 fully saturated rings. The Morgan fingerprint density at radius 2 is 0.846 bits per heavy atom. The number of hydrogen-bond donors (Lipinski definition) is 1. The van der Waals surface area contributed by atoms with Crippen molar-refractivity contribution in [1.82, 2.24) is 0 Å². The SMILES string of the molecule is CCCCC/C=C(\O)CCCCCCCCCCCCCCCCCC. The summed E-state index contributed by atoms with van der Waals surface area (Å²) in [6, 6.07) is 0. The van der Waals surface area contributed by atoms with Crippen molar-refractivity contribution in [3.63, 3.8) is 0 Å². The molecule has 26 heavy (non-hydrogen) atoms. The third-order valence-electron chi connectivity index (χ3n) is 5.47. The number of hydrogen-bond acceptors (Lipinski definition) is 1. The summed E-state index contributed by atoms with van der Waals surface area (Å²) in [5.41, 5.74) is 0. The first-order chi connectivity index (χ1) is 12.8. The fraction of sp³-hybridized carbons (Fsp3) is 0.920. The number of rotatable bonds is 21. The molecule has 0 aliphatic carbocycles. The Kier molecular flexibility index (Phi) is 22.2. The van der Waals surface area contributed by atoms with Crippen LogP contribution in [0.15, 0.2) is 11.8 Å². The van der Waals surface area contributed by atoms with Gasteiger partial charge in [-0.1, -0.05) is 123 Å². The van der Waals surface area contributed by atoms with Crippen LogP contribution in [0.2, 0.25) is 0 Å². The van der Waals surface area contributed by atoms with Crippen LogP contribution < -0.4 is 0 Å². The molecule has 0 radical (unpaired) electrons. The topological polar surface area (TPSA) is 20.2 Å². The normalized spacial score (nSPS) is 12.0. The Morgan fingerprint density at radius 1 is 0.500 bits per heavy atom. The first-order valence-corrected chi connectivity index (χ1v) is 12.2. The first-order valence-electron chi connectivity index (χ1n) is 12.2. The predicted molar refractivity (Wildman–Crippen MR) is 119 cm³/mol. The number of aliphatic hydroxyl groups is 1. The molecule has 0 aliphatic rings. The van der Waals surface area contributed by atoms with Crippen LogP contribution in [0.25, 0.3) is 0 Å². The minimum Gasteiger partial charge on any atom is -0.513 e. The maximum absolute atomic E-state index is 9.82. The van der Waals surface area contributed by atoms with E-state index in [-0.39, 0.29) is 0 Å². The van der Waals surface area contributed by atoms with Gasteiger partial charge in [0.25, 0.3) is 0 Å². The summed E-state index contributed by atoms with van der Waals surface area (Å²) in [7, 11) is 0. The van der Waals surface area contributed by atoms with Crippen molar-refractivity contribution in [3.05, 3.63) is 11.8 Å². The van der Waals surface area contributed by atoms with Gasteiger partial charge in [0, 0.05) is 6.42 Å². The Balaban J connectivity index is 3.13. The average molecular weight is 367 g/mol. The summed E-state index contributed by atoms with van der Waals surface area (Å²) in [6.07, 6.45) is 30.2. The van der Waals surface area contributed by atoms with Crippen molar-refractivity contribution >= 4 is 0 Å². The monoisotopic (exact) mass is 366 g/mol. The van der Waals surface area contributed by atoms with Crippen molar-refractivity contribution < 1.29 is 5.11 Å². The van der Waals surface area contributed by atoms with E-state index in [1.807, 2.05) is 6.08 Å². The average Bonchev–Trinajstić information content (AvgIpc) is 2.65. The molecule has 0 spiro atoms. The van der Waals surface area contributed by atoms with Gasteiger partial charge in [-0.25, -0.2) is 0 Å². The molecule has 0 rings (SSSR count). The molecule has 0 bridgehead atoms. The molecule has 0 aromatic rings. The standard InChI is InChI=1S/C25H50O/c1-3-5-7-9-10-11-12-13-14-15-16-17-18-19-20-22-24-25(26)23-21-8-6-4-2/h23,26H,3-22,24H2,1-2H3/b25-23-. The zero-order valence-electron chi connectivity index (χ0n) is 18.4. The predicted octanol–water partition coefficient (Wildman–Crippen LogP) is 9.66. The van der Waals surface area contributed by atoms with Gasteiger partial charge >= 0.3 is 0 Å². The summed E-state index contributed by atoms with van der Waals surface area (Å²) >= 11 is 0. The van der Waals surface area contributed by atoms with Crippen LogP contribution >= 0.6 is 0 Å². The van der Waals surface area contributed by atoms with E-state index in [1.165, 1.54) is 116 Å². The smallest absolute Gasteiger partial charge is 0.0882 e. The van der Waals surface area contributed by atoms with Gasteiger partial charge in [-0.2, -0.15) is 0 Å². The molecule has 1 N–H and O–H groups in total. The van der Waals surface area contributed by atoms with Crippen LogP contribution in [-0.2, 0) is 0 Å². The molecule has 0 saturated carbocycles. The van der Waals surface area contributed by atoms with E-state index in [0.717, 1.165) is 19.3 Å². The van der Waals surface area contributed by atoms with E-state index in [9.17, 15) is 5.11 Å². The molecule has 1 heteroatoms. The highest BCUT2D eigenvalue weighted by atomic mass is 16.3. The molecule has 0 amide bonds. The largest absolute Gasteiger partial charge is 0.513 e. The van der Waals surface area contributed by atoms with Crippen molar-refractivity contribution in [3.8, 4) is 0 Å². The highest BCUT2D eigenvalue weighted by molar-refractivity contribution is 4.90. The molecule has 156 valence electrons. The van der Waals surface area contributed by atoms with E-state index in [0.29, 0.717) is 5.76 Å². The van der Waals surface area contributed by atoms with Gasteiger partial charge in [0.15, 0.2) is 0 Å². The van der Waals surface area contributed by atoms with Crippen molar-refractivity contribution in [1.29, 1.82) is 0 Å². The molecule has 0 aliphatic heterocycles. The Labute approximate surface area is 166 Å². The minimum atomic E-state index is 0.631. The van der Waals surface area contributed by atoms with Crippen LogP contribution in [-0.4, -0.2) is 5.11 Å². The van der Waals surface area contributed by atoms with Crippen LogP contribution in [0.1, 0.15) is 149 Å². The Morgan fingerprint density at radius 3 is 1.27 bits per heavy atom. The summed E-state index contributed by atoms with van der Waals surface area (Å²) < 4.78 is 0. The molecule has 0 atom stereocenters. The van der Waals surface area contributed by atoms with Crippen LogP contribution in [0.3, 0.4) is 0 Å². The maximum Gasteiger partial charge on any atom is 0.0882 e. The maximum atomic E-state index is 9.82. The molecule has 0 saturated heterocycles. The molecule has 1 nitrogen and oxygen atoms in total. The number of aliphatic hydroxyl groups excluding tert-OH is 1. The van der Waals surface area contributed by atoms with Gasteiger partial charge in [-0.15, -0.1) is 0 Å². The molecular weight excluding hydrogens is 316 g/mol. The lowest BCUT2D eigenvalue weighted by Crippen LogP contribution is -1.85.